The third-order valence-electron chi connectivity index (χ3n) is 0.294. The van der Waals surface area contributed by atoms with E-state index in [0.29, 0.717) is 0 Å². The minimum atomic E-state index is -1.29. The SMILES string of the molecule is O=PC(Cl)(Cl)CCl. The molecule has 0 radical (unpaired) electrons. The average molecular weight is 179 g/mol. The van der Waals surface area contributed by atoms with E-state index in [2.05, 4.69) is 0 Å². The summed E-state index contributed by atoms with van der Waals surface area (Å²) in [4.78, 5) is 0. The fourth-order valence-corrected chi connectivity index (χ4v) is 0.220. The lowest BCUT2D eigenvalue weighted by atomic mass is 10.9. The molecule has 0 fully saturated rings. The number of alkyl halides is 3. The molecule has 0 aromatic heterocycles. The van der Waals surface area contributed by atoms with Gasteiger partial charge in [-0.2, -0.15) is 0 Å². The van der Waals surface area contributed by atoms with E-state index in [1.165, 1.54) is 0 Å². The Morgan fingerprint density at radius 1 is 1.57 bits per heavy atom. The van der Waals surface area contributed by atoms with Crippen LogP contribution in [0.15, 0.2) is 0 Å². The van der Waals surface area contributed by atoms with E-state index in [1.54, 1.807) is 0 Å². The van der Waals surface area contributed by atoms with Crippen molar-refractivity contribution in [3.8, 4) is 0 Å². The third kappa shape index (κ3) is 3.54. The normalized spacial score (nSPS) is 12.4. The van der Waals surface area contributed by atoms with Gasteiger partial charge in [-0.25, -0.2) is 0 Å². The molecular formula is C2H2Cl3OP. The zero-order valence-electron chi connectivity index (χ0n) is 3.20. The Bertz CT molecular complexity index is 73.3. The van der Waals surface area contributed by atoms with Crippen molar-refractivity contribution in [3.63, 3.8) is 0 Å². The van der Waals surface area contributed by atoms with Gasteiger partial charge < -0.3 is 0 Å². The van der Waals surface area contributed by atoms with Gasteiger partial charge in [-0.3, -0.25) is 4.57 Å². The van der Waals surface area contributed by atoms with Crippen LogP contribution in [0.25, 0.3) is 0 Å². The third-order valence-corrected chi connectivity index (χ3v) is 2.26. The second-order valence-corrected chi connectivity index (χ2v) is 4.12. The fraction of sp³-hybridized carbons (Fsp3) is 1.00. The van der Waals surface area contributed by atoms with Crippen molar-refractivity contribution in [3.05, 3.63) is 0 Å². The zero-order valence-corrected chi connectivity index (χ0v) is 6.36. The number of hydrogen-bond acceptors (Lipinski definition) is 1. The van der Waals surface area contributed by atoms with Gasteiger partial charge in [-0.15, -0.1) is 11.6 Å². The zero-order chi connectivity index (χ0) is 5.91. The lowest BCUT2D eigenvalue weighted by molar-refractivity contribution is 0.596. The van der Waals surface area contributed by atoms with Gasteiger partial charge in [0.25, 0.3) is 0 Å². The number of rotatable bonds is 2. The van der Waals surface area contributed by atoms with E-state index in [0.717, 1.165) is 0 Å². The molecule has 0 saturated heterocycles. The lowest BCUT2D eigenvalue weighted by Gasteiger charge is -2.00. The first-order valence-corrected chi connectivity index (χ1v) is 3.51. The summed E-state index contributed by atoms with van der Waals surface area (Å²) >= 11 is 15.5. The molecule has 0 heterocycles. The highest BCUT2D eigenvalue weighted by atomic mass is 35.5. The van der Waals surface area contributed by atoms with E-state index < -0.39 is 4.07 Å². The lowest BCUT2D eigenvalue weighted by Crippen LogP contribution is -2.02. The van der Waals surface area contributed by atoms with Crippen LogP contribution in [0, 0.1) is 0 Å². The second kappa shape index (κ2) is 3.09. The molecule has 0 saturated carbocycles. The first-order chi connectivity index (χ1) is 3.12. The van der Waals surface area contributed by atoms with Crippen molar-refractivity contribution in [1.29, 1.82) is 0 Å². The van der Waals surface area contributed by atoms with Crippen LogP contribution in [0.4, 0.5) is 0 Å². The molecule has 42 valence electrons. The van der Waals surface area contributed by atoms with Gasteiger partial charge in [0, 0.05) is 0 Å². The Morgan fingerprint density at radius 3 is 2.00 bits per heavy atom. The topological polar surface area (TPSA) is 17.1 Å². The standard InChI is InChI=1S/C2H2Cl3OP/c3-1-2(4,5)7-6/h1H2. The summed E-state index contributed by atoms with van der Waals surface area (Å²) in [6, 6.07) is 0. The summed E-state index contributed by atoms with van der Waals surface area (Å²) in [6.45, 7) is 0. The van der Waals surface area contributed by atoms with Gasteiger partial charge in [0.05, 0.1) is 5.88 Å². The van der Waals surface area contributed by atoms with Gasteiger partial charge in [0.15, 0.2) is 8.46 Å². The first-order valence-electron chi connectivity index (χ1n) is 1.40. The van der Waals surface area contributed by atoms with Gasteiger partial charge in [0.1, 0.15) is 0 Å². The fourth-order valence-electron chi connectivity index (χ4n) is 0.0244. The summed E-state index contributed by atoms with van der Waals surface area (Å²) in [5.74, 6) is -0.0266. The van der Waals surface area contributed by atoms with E-state index in [-0.39, 0.29) is 14.3 Å². The monoisotopic (exact) mass is 178 g/mol. The Kier molecular flexibility index (Phi) is 3.52. The highest BCUT2D eigenvalue weighted by Gasteiger charge is 2.22. The van der Waals surface area contributed by atoms with Crippen molar-refractivity contribution in [2.45, 2.75) is 4.07 Å². The molecule has 0 aliphatic carbocycles. The maximum absolute atomic E-state index is 9.81. The quantitative estimate of drug-likeness (QED) is 0.470. The molecule has 5 heteroatoms. The molecule has 0 unspecified atom stereocenters. The molecule has 0 atom stereocenters. The Morgan fingerprint density at radius 2 is 2.00 bits per heavy atom. The molecule has 0 amide bonds. The predicted molar refractivity (Wildman–Crippen MR) is 32.8 cm³/mol. The largest absolute Gasteiger partial charge is 0.272 e. The molecule has 0 aromatic carbocycles. The maximum Gasteiger partial charge on any atom is 0.210 e. The van der Waals surface area contributed by atoms with Gasteiger partial charge >= 0.3 is 0 Å². The Hall–Kier alpha value is 0.970. The van der Waals surface area contributed by atoms with E-state index in [1.807, 2.05) is 0 Å². The number of hydrogen-bond donors (Lipinski definition) is 0. The minimum Gasteiger partial charge on any atom is -0.272 e. The molecule has 0 N–H and O–H groups in total. The molecule has 0 aliphatic rings. The van der Waals surface area contributed by atoms with Crippen LogP contribution >= 0.6 is 43.3 Å². The van der Waals surface area contributed by atoms with E-state index >= 15 is 0 Å². The molecular weight excluding hydrogens is 177 g/mol. The first kappa shape index (κ1) is 7.97. The summed E-state index contributed by atoms with van der Waals surface area (Å²) in [5, 5.41) is 0. The summed E-state index contributed by atoms with van der Waals surface area (Å²) in [6.07, 6.45) is 0. The van der Waals surface area contributed by atoms with Crippen LogP contribution in [-0.4, -0.2) is 9.95 Å². The van der Waals surface area contributed by atoms with Crippen molar-refractivity contribution in [2.24, 2.45) is 0 Å². The Labute approximate surface area is 58.1 Å². The van der Waals surface area contributed by atoms with Gasteiger partial charge in [0.2, 0.25) is 4.07 Å². The summed E-state index contributed by atoms with van der Waals surface area (Å²) in [7, 11) is -0.345. The Balaban J connectivity index is 3.58. The van der Waals surface area contributed by atoms with Gasteiger partial charge in [-0.1, -0.05) is 23.2 Å². The van der Waals surface area contributed by atoms with Crippen molar-refractivity contribution >= 4 is 43.3 Å². The molecule has 1 nitrogen and oxygen atoms in total. The highest BCUT2D eigenvalue weighted by Crippen LogP contribution is 2.33. The van der Waals surface area contributed by atoms with Crippen LogP contribution in [0.5, 0.6) is 0 Å². The van der Waals surface area contributed by atoms with Crippen LogP contribution in [0.3, 0.4) is 0 Å². The number of halogens is 3. The smallest absolute Gasteiger partial charge is 0.210 e. The van der Waals surface area contributed by atoms with Crippen LogP contribution in [-0.2, 0) is 4.57 Å². The molecule has 0 spiro atoms. The van der Waals surface area contributed by atoms with Crippen molar-refractivity contribution in [1.82, 2.24) is 0 Å². The van der Waals surface area contributed by atoms with Crippen LogP contribution in [0.2, 0.25) is 0 Å². The maximum atomic E-state index is 9.81. The predicted octanol–water partition coefficient (Wildman–Crippen LogP) is 2.65. The second-order valence-electron chi connectivity index (χ2n) is 0.891. The van der Waals surface area contributed by atoms with Crippen molar-refractivity contribution < 1.29 is 4.57 Å². The van der Waals surface area contributed by atoms with Crippen LogP contribution in [0.1, 0.15) is 0 Å². The van der Waals surface area contributed by atoms with Gasteiger partial charge in [-0.05, 0) is 0 Å². The summed E-state index contributed by atoms with van der Waals surface area (Å²) in [5.41, 5.74) is 0. The molecule has 7 heavy (non-hydrogen) atoms. The molecule has 0 aromatic rings. The minimum absolute atomic E-state index is 0.0266. The van der Waals surface area contributed by atoms with E-state index in [4.69, 9.17) is 34.8 Å². The highest BCUT2D eigenvalue weighted by molar-refractivity contribution is 7.33. The molecule has 0 rings (SSSR count). The van der Waals surface area contributed by atoms with Crippen molar-refractivity contribution in [2.75, 3.05) is 5.88 Å². The average Bonchev–Trinajstić information content (AvgIpc) is 1.68. The van der Waals surface area contributed by atoms with Crippen LogP contribution < -0.4 is 0 Å². The summed E-state index contributed by atoms with van der Waals surface area (Å²) < 4.78 is 8.52. The molecule has 0 aliphatic heterocycles. The molecule has 0 bridgehead atoms. The van der Waals surface area contributed by atoms with E-state index in [9.17, 15) is 4.57 Å².